The largest absolute Gasteiger partial charge is 0.334 e. The minimum atomic E-state index is -0.537. The Hall–Kier alpha value is -1.99. The lowest BCUT2D eigenvalue weighted by molar-refractivity contribution is -0.384. The molecule has 0 saturated carbocycles. The van der Waals surface area contributed by atoms with E-state index in [-0.39, 0.29) is 22.2 Å². The molecule has 0 spiro atoms. The summed E-state index contributed by atoms with van der Waals surface area (Å²) >= 11 is 5.97. The van der Waals surface area contributed by atoms with Crippen LogP contribution in [0.25, 0.3) is 11.5 Å². The topological polar surface area (TPSA) is 108 Å². The van der Waals surface area contributed by atoms with Gasteiger partial charge in [-0.1, -0.05) is 22.8 Å². The Kier molecular flexibility index (Phi) is 4.08. The van der Waals surface area contributed by atoms with E-state index in [0.29, 0.717) is 25.2 Å². The molecule has 2 N–H and O–H groups in total. The van der Waals surface area contributed by atoms with Gasteiger partial charge in [0.25, 0.3) is 11.6 Å². The van der Waals surface area contributed by atoms with Crippen LogP contribution in [0.4, 0.5) is 5.69 Å². The Labute approximate surface area is 113 Å². The summed E-state index contributed by atoms with van der Waals surface area (Å²) in [5.41, 5.74) is 5.36. The summed E-state index contributed by atoms with van der Waals surface area (Å²) < 4.78 is 5.03. The molecular formula is C11H11ClN4O3. The van der Waals surface area contributed by atoms with E-state index in [1.165, 1.54) is 18.2 Å². The fourth-order valence-corrected chi connectivity index (χ4v) is 1.84. The second-order valence-electron chi connectivity index (χ2n) is 3.80. The van der Waals surface area contributed by atoms with Crippen molar-refractivity contribution in [3.05, 3.63) is 39.2 Å². The van der Waals surface area contributed by atoms with Crippen molar-refractivity contribution in [2.24, 2.45) is 5.73 Å². The second kappa shape index (κ2) is 5.77. The van der Waals surface area contributed by atoms with Gasteiger partial charge in [-0.2, -0.15) is 4.98 Å². The van der Waals surface area contributed by atoms with Crippen LogP contribution in [0.2, 0.25) is 5.02 Å². The summed E-state index contributed by atoms with van der Waals surface area (Å²) in [6.07, 6.45) is 1.27. The lowest BCUT2D eigenvalue weighted by Crippen LogP contribution is -2.01. The van der Waals surface area contributed by atoms with Gasteiger partial charge in [0.15, 0.2) is 5.82 Å². The standard InChI is InChI=1S/C11H11ClN4O3/c12-7-3-1-4-8(16(17)18)10(7)11-14-9(15-19-11)5-2-6-13/h1,3-4H,2,5-6,13H2. The summed E-state index contributed by atoms with van der Waals surface area (Å²) in [7, 11) is 0. The third-order valence-electron chi connectivity index (χ3n) is 2.47. The summed E-state index contributed by atoms with van der Waals surface area (Å²) in [6.45, 7) is 0.510. The average molecular weight is 283 g/mol. The molecule has 0 atom stereocenters. The van der Waals surface area contributed by atoms with Crippen LogP contribution in [0.1, 0.15) is 12.2 Å². The maximum Gasteiger partial charge on any atom is 0.283 e. The lowest BCUT2D eigenvalue weighted by Gasteiger charge is -1.99. The van der Waals surface area contributed by atoms with Crippen LogP contribution in [0.3, 0.4) is 0 Å². The van der Waals surface area contributed by atoms with Gasteiger partial charge in [0.1, 0.15) is 5.56 Å². The molecule has 0 saturated heterocycles. The number of aryl methyl sites for hydroxylation is 1. The molecule has 2 rings (SSSR count). The molecule has 0 amide bonds. The zero-order valence-electron chi connectivity index (χ0n) is 9.88. The van der Waals surface area contributed by atoms with Crippen molar-refractivity contribution < 1.29 is 9.45 Å². The van der Waals surface area contributed by atoms with Crippen molar-refractivity contribution in [3.63, 3.8) is 0 Å². The highest BCUT2D eigenvalue weighted by Crippen LogP contribution is 2.35. The van der Waals surface area contributed by atoms with Crippen LogP contribution in [0.15, 0.2) is 22.7 Å². The van der Waals surface area contributed by atoms with Crippen LogP contribution in [0.5, 0.6) is 0 Å². The number of halogens is 1. The Morgan fingerprint density at radius 3 is 2.95 bits per heavy atom. The van der Waals surface area contributed by atoms with E-state index in [1.54, 1.807) is 0 Å². The van der Waals surface area contributed by atoms with E-state index >= 15 is 0 Å². The minimum absolute atomic E-state index is 0.0457. The van der Waals surface area contributed by atoms with Gasteiger partial charge in [0, 0.05) is 12.5 Å². The fraction of sp³-hybridized carbons (Fsp3) is 0.273. The van der Waals surface area contributed by atoms with Crippen molar-refractivity contribution in [2.45, 2.75) is 12.8 Å². The molecule has 0 radical (unpaired) electrons. The number of hydrogen-bond acceptors (Lipinski definition) is 6. The van der Waals surface area contributed by atoms with E-state index < -0.39 is 4.92 Å². The quantitative estimate of drug-likeness (QED) is 0.665. The van der Waals surface area contributed by atoms with Gasteiger partial charge >= 0.3 is 0 Å². The minimum Gasteiger partial charge on any atom is -0.334 e. The van der Waals surface area contributed by atoms with Crippen molar-refractivity contribution in [3.8, 4) is 11.5 Å². The number of rotatable bonds is 5. The van der Waals surface area contributed by atoms with Gasteiger partial charge in [-0.3, -0.25) is 10.1 Å². The number of nitrogens with two attached hydrogens (primary N) is 1. The molecule has 0 unspecified atom stereocenters. The highest BCUT2D eigenvalue weighted by atomic mass is 35.5. The van der Waals surface area contributed by atoms with E-state index in [9.17, 15) is 10.1 Å². The predicted molar refractivity (Wildman–Crippen MR) is 68.8 cm³/mol. The number of benzene rings is 1. The monoisotopic (exact) mass is 282 g/mol. The van der Waals surface area contributed by atoms with Crippen molar-refractivity contribution in [2.75, 3.05) is 6.54 Å². The van der Waals surface area contributed by atoms with Crippen LogP contribution >= 0.6 is 11.6 Å². The van der Waals surface area contributed by atoms with E-state index in [1.807, 2.05) is 0 Å². The van der Waals surface area contributed by atoms with Gasteiger partial charge in [-0.05, 0) is 19.0 Å². The summed E-state index contributed by atoms with van der Waals surface area (Å²) in [6, 6.07) is 4.37. The zero-order valence-corrected chi connectivity index (χ0v) is 10.6. The second-order valence-corrected chi connectivity index (χ2v) is 4.21. The van der Waals surface area contributed by atoms with Crippen molar-refractivity contribution >= 4 is 17.3 Å². The fourth-order valence-electron chi connectivity index (χ4n) is 1.59. The number of nitro groups is 1. The molecule has 0 fully saturated rings. The lowest BCUT2D eigenvalue weighted by atomic mass is 10.2. The molecular weight excluding hydrogens is 272 g/mol. The molecule has 1 heterocycles. The molecule has 19 heavy (non-hydrogen) atoms. The number of nitro benzene ring substituents is 1. The number of hydrogen-bond donors (Lipinski definition) is 1. The molecule has 1 aromatic heterocycles. The average Bonchev–Trinajstić information content (AvgIpc) is 2.84. The van der Waals surface area contributed by atoms with E-state index in [0.717, 1.165) is 0 Å². The van der Waals surface area contributed by atoms with Crippen LogP contribution in [-0.4, -0.2) is 21.6 Å². The molecule has 1 aromatic carbocycles. The van der Waals surface area contributed by atoms with Gasteiger partial charge < -0.3 is 10.3 Å². The SMILES string of the molecule is NCCCc1noc(-c2c(Cl)cccc2[N+](=O)[O-])n1. The molecule has 0 aliphatic carbocycles. The molecule has 8 heteroatoms. The first-order chi connectivity index (χ1) is 9.13. The third-order valence-corrected chi connectivity index (χ3v) is 2.79. The van der Waals surface area contributed by atoms with E-state index in [2.05, 4.69) is 10.1 Å². The summed E-state index contributed by atoms with van der Waals surface area (Å²) in [4.78, 5) is 14.5. The first-order valence-electron chi connectivity index (χ1n) is 5.59. The molecule has 0 aliphatic rings. The van der Waals surface area contributed by atoms with Crippen LogP contribution < -0.4 is 5.73 Å². The third kappa shape index (κ3) is 2.88. The molecule has 0 aliphatic heterocycles. The molecule has 0 bridgehead atoms. The maximum atomic E-state index is 11.0. The highest BCUT2D eigenvalue weighted by molar-refractivity contribution is 6.33. The Morgan fingerprint density at radius 1 is 1.47 bits per heavy atom. The van der Waals surface area contributed by atoms with Crippen LogP contribution in [-0.2, 0) is 6.42 Å². The summed E-state index contributed by atoms with van der Waals surface area (Å²) in [5.74, 6) is 0.499. The Bertz CT molecular complexity index is 599. The Morgan fingerprint density at radius 2 is 2.26 bits per heavy atom. The smallest absolute Gasteiger partial charge is 0.283 e. The van der Waals surface area contributed by atoms with Gasteiger partial charge in [-0.15, -0.1) is 0 Å². The Balaban J connectivity index is 2.41. The first kappa shape index (κ1) is 13.4. The maximum absolute atomic E-state index is 11.0. The molecule has 7 nitrogen and oxygen atoms in total. The summed E-state index contributed by atoms with van der Waals surface area (Å²) in [5, 5.41) is 14.9. The van der Waals surface area contributed by atoms with Crippen molar-refractivity contribution in [1.82, 2.24) is 10.1 Å². The highest BCUT2D eigenvalue weighted by Gasteiger charge is 2.23. The normalized spacial score (nSPS) is 10.6. The number of nitrogens with zero attached hydrogens (tertiary/aromatic N) is 3. The van der Waals surface area contributed by atoms with Crippen LogP contribution in [0, 0.1) is 10.1 Å². The molecule has 100 valence electrons. The first-order valence-corrected chi connectivity index (χ1v) is 5.97. The number of aromatic nitrogens is 2. The zero-order chi connectivity index (χ0) is 13.8. The van der Waals surface area contributed by atoms with Crippen molar-refractivity contribution in [1.29, 1.82) is 0 Å². The predicted octanol–water partition coefficient (Wildman–Crippen LogP) is 2.19. The molecule has 2 aromatic rings. The van der Waals surface area contributed by atoms with Gasteiger partial charge in [-0.25, -0.2) is 0 Å². The van der Waals surface area contributed by atoms with Gasteiger partial charge in [0.2, 0.25) is 0 Å². The van der Waals surface area contributed by atoms with Gasteiger partial charge in [0.05, 0.1) is 9.95 Å². The van der Waals surface area contributed by atoms with E-state index in [4.69, 9.17) is 21.9 Å².